The monoisotopic (exact) mass is 375 g/mol. The smallest absolute Gasteiger partial charge is 0.410 e. The topological polar surface area (TPSA) is 65.1 Å². The average Bonchev–Trinajstić information content (AvgIpc) is 3.00. The fraction of sp³-hybridized carbons (Fsp3) is 0.619. The van der Waals surface area contributed by atoms with Crippen LogP contribution in [-0.4, -0.2) is 49.2 Å². The van der Waals surface area contributed by atoms with Crippen LogP contribution >= 0.6 is 0 Å². The number of benzene rings is 1. The van der Waals surface area contributed by atoms with Crippen LogP contribution in [0.5, 0.6) is 11.5 Å². The van der Waals surface area contributed by atoms with Crippen molar-refractivity contribution in [2.24, 2.45) is 5.92 Å². The van der Waals surface area contributed by atoms with Crippen LogP contribution in [0.15, 0.2) is 12.1 Å². The Morgan fingerprint density at radius 3 is 2.59 bits per heavy atom. The van der Waals surface area contributed by atoms with E-state index in [1.165, 1.54) is 0 Å². The van der Waals surface area contributed by atoms with Gasteiger partial charge >= 0.3 is 6.09 Å². The van der Waals surface area contributed by atoms with Crippen LogP contribution < -0.4 is 9.47 Å². The van der Waals surface area contributed by atoms with Crippen molar-refractivity contribution >= 4 is 11.9 Å². The lowest BCUT2D eigenvalue weighted by atomic mass is 9.89. The number of carbonyl (C=O) groups excluding carboxylic acids is 2. The van der Waals surface area contributed by atoms with Gasteiger partial charge in [0.2, 0.25) is 5.78 Å². The maximum absolute atomic E-state index is 12.2. The highest BCUT2D eigenvalue weighted by Crippen LogP contribution is 2.38. The van der Waals surface area contributed by atoms with Crippen LogP contribution in [-0.2, 0) is 11.2 Å². The molecule has 2 aliphatic heterocycles. The number of piperidine rings is 1. The number of carbonyl (C=O) groups is 2. The number of hydrogen-bond acceptors (Lipinski definition) is 5. The number of rotatable bonds is 4. The third-order valence-electron chi connectivity index (χ3n) is 5.15. The number of fused-ring (bicyclic) bond motifs is 1. The summed E-state index contributed by atoms with van der Waals surface area (Å²) in [5, 5.41) is 0. The van der Waals surface area contributed by atoms with Crippen molar-refractivity contribution in [3.05, 3.63) is 23.3 Å². The molecule has 0 bridgehead atoms. The first kappa shape index (κ1) is 19.5. The summed E-state index contributed by atoms with van der Waals surface area (Å²) in [6.45, 7) is 7.21. The molecule has 2 aliphatic rings. The third-order valence-corrected chi connectivity index (χ3v) is 5.15. The SMILES string of the molecule is COc1ccc2c(c1CCC1CCN(C(=O)OC(C)(C)C)CC1)OCC2=O. The molecule has 1 aromatic carbocycles. The molecule has 1 amide bonds. The fourth-order valence-electron chi connectivity index (χ4n) is 3.72. The Bertz CT molecular complexity index is 714. The van der Waals surface area contributed by atoms with Gasteiger partial charge in [-0.05, 0) is 64.5 Å². The molecule has 1 fully saturated rings. The molecule has 1 aromatic rings. The summed E-state index contributed by atoms with van der Waals surface area (Å²) < 4.78 is 16.6. The summed E-state index contributed by atoms with van der Waals surface area (Å²) in [6, 6.07) is 3.64. The Hall–Kier alpha value is -2.24. The van der Waals surface area contributed by atoms with E-state index in [0.717, 1.165) is 50.1 Å². The van der Waals surface area contributed by atoms with E-state index in [4.69, 9.17) is 14.2 Å². The molecule has 0 atom stereocenters. The van der Waals surface area contributed by atoms with Crippen molar-refractivity contribution in [2.75, 3.05) is 26.8 Å². The van der Waals surface area contributed by atoms with Crippen LogP contribution in [0.3, 0.4) is 0 Å². The second-order valence-electron chi connectivity index (χ2n) is 8.28. The highest BCUT2D eigenvalue weighted by atomic mass is 16.6. The van der Waals surface area contributed by atoms with E-state index in [1.807, 2.05) is 26.8 Å². The quantitative estimate of drug-likeness (QED) is 0.800. The molecule has 0 spiro atoms. The minimum atomic E-state index is -0.463. The van der Waals surface area contributed by atoms with E-state index in [0.29, 0.717) is 17.2 Å². The van der Waals surface area contributed by atoms with E-state index in [1.54, 1.807) is 18.1 Å². The Morgan fingerprint density at radius 2 is 1.96 bits per heavy atom. The highest BCUT2D eigenvalue weighted by molar-refractivity contribution is 6.03. The van der Waals surface area contributed by atoms with Crippen LogP contribution in [0.25, 0.3) is 0 Å². The normalized spacial score (nSPS) is 17.5. The number of ether oxygens (including phenoxy) is 3. The molecular weight excluding hydrogens is 346 g/mol. The number of hydrogen-bond donors (Lipinski definition) is 0. The van der Waals surface area contributed by atoms with Crippen molar-refractivity contribution in [3.63, 3.8) is 0 Å². The van der Waals surface area contributed by atoms with Gasteiger partial charge in [0.1, 0.15) is 17.1 Å². The van der Waals surface area contributed by atoms with E-state index >= 15 is 0 Å². The van der Waals surface area contributed by atoms with Gasteiger partial charge in [0.25, 0.3) is 0 Å². The van der Waals surface area contributed by atoms with Crippen LogP contribution in [0, 0.1) is 5.92 Å². The second-order valence-corrected chi connectivity index (χ2v) is 8.28. The van der Waals surface area contributed by atoms with Gasteiger partial charge in [0.15, 0.2) is 6.61 Å². The molecule has 3 rings (SSSR count). The van der Waals surface area contributed by atoms with Crippen LogP contribution in [0.4, 0.5) is 4.79 Å². The number of nitrogens with zero attached hydrogens (tertiary/aromatic N) is 1. The number of ketones is 1. The van der Waals surface area contributed by atoms with Gasteiger partial charge in [0.05, 0.1) is 12.7 Å². The summed E-state index contributed by atoms with van der Waals surface area (Å²) in [6.07, 6.45) is 3.46. The van der Waals surface area contributed by atoms with E-state index in [2.05, 4.69) is 0 Å². The molecule has 6 heteroatoms. The Balaban J connectivity index is 1.57. The standard InChI is InChI=1S/C21H29NO5/c1-21(2,3)27-20(24)22-11-9-14(10-12-22)5-6-16-18(25-4)8-7-15-17(23)13-26-19(15)16/h7-8,14H,5-6,9-13H2,1-4H3. The molecule has 0 aromatic heterocycles. The van der Waals surface area contributed by atoms with Gasteiger partial charge in [-0.2, -0.15) is 0 Å². The molecule has 0 radical (unpaired) electrons. The number of Topliss-reactive ketones (excluding diaryl/α,β-unsaturated/α-hetero) is 1. The van der Waals surface area contributed by atoms with Gasteiger partial charge in [-0.25, -0.2) is 4.79 Å². The average molecular weight is 375 g/mol. The highest BCUT2D eigenvalue weighted by Gasteiger charge is 2.29. The number of methoxy groups -OCH3 is 1. The first-order chi connectivity index (χ1) is 12.8. The first-order valence-electron chi connectivity index (χ1n) is 9.62. The van der Waals surface area contributed by atoms with Gasteiger partial charge in [-0.1, -0.05) is 0 Å². The number of likely N-dealkylation sites (tertiary alicyclic amines) is 1. The first-order valence-corrected chi connectivity index (χ1v) is 9.62. The van der Waals surface area contributed by atoms with Gasteiger partial charge in [-0.3, -0.25) is 4.79 Å². The lowest BCUT2D eigenvalue weighted by molar-refractivity contribution is 0.0181. The van der Waals surface area contributed by atoms with Crippen molar-refractivity contribution < 1.29 is 23.8 Å². The van der Waals surface area contributed by atoms with Gasteiger partial charge in [-0.15, -0.1) is 0 Å². The zero-order valence-electron chi connectivity index (χ0n) is 16.7. The summed E-state index contributed by atoms with van der Waals surface area (Å²) in [4.78, 5) is 25.9. The Morgan fingerprint density at radius 1 is 1.26 bits per heavy atom. The zero-order chi connectivity index (χ0) is 19.6. The fourth-order valence-corrected chi connectivity index (χ4v) is 3.72. The van der Waals surface area contributed by atoms with Crippen molar-refractivity contribution in [3.8, 4) is 11.5 Å². The third kappa shape index (κ3) is 4.54. The molecule has 0 unspecified atom stereocenters. The molecular formula is C21H29NO5. The molecule has 1 saturated heterocycles. The second kappa shape index (κ2) is 7.79. The van der Waals surface area contributed by atoms with Crippen molar-refractivity contribution in [1.82, 2.24) is 4.90 Å². The molecule has 6 nitrogen and oxygen atoms in total. The predicted octanol–water partition coefficient (Wildman–Crippen LogP) is 3.85. The van der Waals surface area contributed by atoms with Crippen molar-refractivity contribution in [2.45, 2.75) is 52.1 Å². The Labute approximate surface area is 160 Å². The maximum Gasteiger partial charge on any atom is 0.410 e. The predicted molar refractivity (Wildman–Crippen MR) is 102 cm³/mol. The molecule has 27 heavy (non-hydrogen) atoms. The molecule has 0 aliphatic carbocycles. The maximum atomic E-state index is 12.2. The largest absolute Gasteiger partial charge is 0.496 e. The number of amides is 1. The summed E-state index contributed by atoms with van der Waals surface area (Å²) in [5.74, 6) is 2.01. The summed E-state index contributed by atoms with van der Waals surface area (Å²) in [7, 11) is 1.64. The Kier molecular flexibility index (Phi) is 5.63. The van der Waals surface area contributed by atoms with E-state index in [-0.39, 0.29) is 18.5 Å². The van der Waals surface area contributed by atoms with E-state index in [9.17, 15) is 9.59 Å². The van der Waals surface area contributed by atoms with Crippen LogP contribution in [0.1, 0.15) is 56.0 Å². The summed E-state index contributed by atoms with van der Waals surface area (Å²) >= 11 is 0. The van der Waals surface area contributed by atoms with Gasteiger partial charge in [0, 0.05) is 18.7 Å². The zero-order valence-corrected chi connectivity index (χ0v) is 16.7. The minimum absolute atomic E-state index is 0.0274. The van der Waals surface area contributed by atoms with E-state index < -0.39 is 5.60 Å². The molecule has 148 valence electrons. The lowest BCUT2D eigenvalue weighted by Gasteiger charge is -2.33. The van der Waals surface area contributed by atoms with Gasteiger partial charge < -0.3 is 19.1 Å². The molecule has 0 N–H and O–H groups in total. The molecule has 0 saturated carbocycles. The molecule has 2 heterocycles. The van der Waals surface area contributed by atoms with Crippen molar-refractivity contribution in [1.29, 1.82) is 0 Å². The van der Waals surface area contributed by atoms with Crippen LogP contribution in [0.2, 0.25) is 0 Å². The lowest BCUT2D eigenvalue weighted by Crippen LogP contribution is -2.41. The minimum Gasteiger partial charge on any atom is -0.496 e. The summed E-state index contributed by atoms with van der Waals surface area (Å²) in [5.41, 5.74) is 1.18.